The Kier molecular flexibility index (Phi) is 4.47. The number of fused-ring (bicyclic) bond motifs is 1. The fourth-order valence-electron chi connectivity index (χ4n) is 3.46. The molecule has 27 heavy (non-hydrogen) atoms. The summed E-state index contributed by atoms with van der Waals surface area (Å²) in [5.74, 6) is -0.0567. The van der Waals surface area contributed by atoms with Crippen LogP contribution >= 0.6 is 0 Å². The summed E-state index contributed by atoms with van der Waals surface area (Å²) in [6.45, 7) is 2.62. The van der Waals surface area contributed by atoms with Gasteiger partial charge in [-0.25, -0.2) is 0 Å². The predicted molar refractivity (Wildman–Crippen MR) is 108 cm³/mol. The summed E-state index contributed by atoms with van der Waals surface area (Å²) in [6, 6.07) is 23.2. The van der Waals surface area contributed by atoms with E-state index in [9.17, 15) is 9.59 Å². The first-order valence-electron chi connectivity index (χ1n) is 9.06. The molecule has 0 fully saturated rings. The lowest BCUT2D eigenvalue weighted by molar-refractivity contribution is -0.117. The van der Waals surface area contributed by atoms with Crippen molar-refractivity contribution in [2.75, 3.05) is 16.8 Å². The smallest absolute Gasteiger partial charge is 0.255 e. The highest BCUT2D eigenvalue weighted by Crippen LogP contribution is 2.31. The van der Waals surface area contributed by atoms with Gasteiger partial charge in [0.1, 0.15) is 0 Å². The van der Waals surface area contributed by atoms with Crippen LogP contribution in [0.15, 0.2) is 72.8 Å². The molecule has 0 aliphatic carbocycles. The number of rotatable bonds is 4. The topological polar surface area (TPSA) is 49.4 Å². The highest BCUT2D eigenvalue weighted by Gasteiger charge is 2.26. The average Bonchev–Trinajstić information content (AvgIpc) is 3.03. The highest BCUT2D eigenvalue weighted by molar-refractivity contribution is 6.06. The van der Waals surface area contributed by atoms with Gasteiger partial charge in [-0.1, -0.05) is 42.5 Å². The molecular weight excluding hydrogens is 336 g/mol. The van der Waals surface area contributed by atoms with E-state index in [-0.39, 0.29) is 11.8 Å². The largest absolute Gasteiger partial charge is 0.322 e. The molecule has 4 heteroatoms. The number of hydrogen-bond acceptors (Lipinski definition) is 2. The maximum Gasteiger partial charge on any atom is 0.255 e. The quantitative estimate of drug-likeness (QED) is 0.747. The fourth-order valence-corrected chi connectivity index (χ4v) is 3.46. The second-order valence-corrected chi connectivity index (χ2v) is 6.56. The summed E-state index contributed by atoms with van der Waals surface area (Å²) in [7, 11) is 0. The molecule has 1 N–H and O–H groups in total. The number of nitrogens with one attached hydrogen (secondary N) is 1. The molecule has 2 amide bonds. The average molecular weight is 356 g/mol. The minimum atomic E-state index is -0.161. The minimum Gasteiger partial charge on any atom is -0.322 e. The van der Waals surface area contributed by atoms with Gasteiger partial charge in [0.2, 0.25) is 5.91 Å². The molecule has 0 saturated heterocycles. The molecular formula is C23H20N2O2. The van der Waals surface area contributed by atoms with Crippen LogP contribution in [0.4, 0.5) is 11.4 Å². The van der Waals surface area contributed by atoms with Gasteiger partial charge in [0.25, 0.3) is 5.91 Å². The molecule has 0 spiro atoms. The van der Waals surface area contributed by atoms with E-state index in [2.05, 4.69) is 5.32 Å². The zero-order valence-corrected chi connectivity index (χ0v) is 15.1. The predicted octanol–water partition coefficient (Wildman–Crippen LogP) is 4.51. The molecule has 134 valence electrons. The van der Waals surface area contributed by atoms with Crippen molar-refractivity contribution in [1.82, 2.24) is 0 Å². The molecule has 0 saturated carbocycles. The molecule has 4 nitrogen and oxygen atoms in total. The lowest BCUT2D eigenvalue weighted by Gasteiger charge is -2.15. The molecule has 0 unspecified atom stereocenters. The van der Waals surface area contributed by atoms with Gasteiger partial charge < -0.3 is 10.2 Å². The second-order valence-electron chi connectivity index (χ2n) is 6.56. The van der Waals surface area contributed by atoms with Crippen molar-refractivity contribution in [2.45, 2.75) is 13.3 Å². The Morgan fingerprint density at radius 3 is 2.37 bits per heavy atom. The molecule has 0 atom stereocenters. The third kappa shape index (κ3) is 3.34. The third-order valence-corrected chi connectivity index (χ3v) is 4.84. The van der Waals surface area contributed by atoms with Gasteiger partial charge in [0.05, 0.1) is 6.42 Å². The number of likely N-dealkylation sites (N-methyl/N-ethyl adjacent to an activating group) is 1. The van der Waals surface area contributed by atoms with E-state index in [0.717, 1.165) is 22.4 Å². The monoisotopic (exact) mass is 356 g/mol. The number of carbonyl (C=O) groups excluding carboxylic acids is 2. The Balaban J connectivity index is 1.50. The molecule has 1 aliphatic heterocycles. The van der Waals surface area contributed by atoms with Crippen molar-refractivity contribution in [3.8, 4) is 11.1 Å². The standard InChI is InChI=1S/C23H20N2O2/c1-2-25-21-13-12-20(14-19(21)15-22(25)26)24-23(27)18-10-8-17(9-11-18)16-6-4-3-5-7-16/h3-14H,2,15H2,1H3,(H,24,27). The van der Waals surface area contributed by atoms with Gasteiger partial charge in [0, 0.05) is 23.5 Å². The Morgan fingerprint density at radius 1 is 0.963 bits per heavy atom. The van der Waals surface area contributed by atoms with Crippen LogP contribution in [0.5, 0.6) is 0 Å². The van der Waals surface area contributed by atoms with Crippen LogP contribution in [-0.2, 0) is 11.2 Å². The van der Waals surface area contributed by atoms with E-state index in [4.69, 9.17) is 0 Å². The zero-order chi connectivity index (χ0) is 18.8. The molecule has 3 aromatic rings. The van der Waals surface area contributed by atoms with Crippen LogP contribution in [0.2, 0.25) is 0 Å². The van der Waals surface area contributed by atoms with Gasteiger partial charge in [-0.3, -0.25) is 9.59 Å². The molecule has 0 aromatic heterocycles. The molecule has 0 radical (unpaired) electrons. The van der Waals surface area contributed by atoms with Gasteiger partial charge >= 0.3 is 0 Å². The number of carbonyl (C=O) groups is 2. The summed E-state index contributed by atoms with van der Waals surface area (Å²) in [6.07, 6.45) is 0.388. The molecule has 0 bridgehead atoms. The van der Waals surface area contributed by atoms with Crippen molar-refractivity contribution >= 4 is 23.2 Å². The number of amides is 2. The first-order valence-corrected chi connectivity index (χ1v) is 9.06. The van der Waals surface area contributed by atoms with Crippen LogP contribution in [-0.4, -0.2) is 18.4 Å². The molecule has 1 heterocycles. The van der Waals surface area contributed by atoms with E-state index in [1.165, 1.54) is 0 Å². The maximum absolute atomic E-state index is 12.6. The van der Waals surface area contributed by atoms with Crippen molar-refractivity contribution in [3.63, 3.8) is 0 Å². The normalized spacial score (nSPS) is 12.8. The number of benzene rings is 3. The van der Waals surface area contributed by atoms with Gasteiger partial charge in [0.15, 0.2) is 0 Å². The van der Waals surface area contributed by atoms with E-state index >= 15 is 0 Å². The first kappa shape index (κ1) is 17.0. The van der Waals surface area contributed by atoms with Crippen molar-refractivity contribution in [3.05, 3.63) is 83.9 Å². The molecule has 3 aromatic carbocycles. The number of anilines is 2. The van der Waals surface area contributed by atoms with Crippen molar-refractivity contribution < 1.29 is 9.59 Å². The van der Waals surface area contributed by atoms with Crippen LogP contribution in [0.3, 0.4) is 0 Å². The zero-order valence-electron chi connectivity index (χ0n) is 15.1. The number of hydrogen-bond donors (Lipinski definition) is 1. The third-order valence-electron chi connectivity index (χ3n) is 4.84. The lowest BCUT2D eigenvalue weighted by atomic mass is 10.0. The van der Waals surface area contributed by atoms with Gasteiger partial charge in [-0.2, -0.15) is 0 Å². The van der Waals surface area contributed by atoms with Crippen molar-refractivity contribution in [1.29, 1.82) is 0 Å². The Labute approximate surface area is 158 Å². The maximum atomic E-state index is 12.6. The Hall–Kier alpha value is -3.40. The lowest BCUT2D eigenvalue weighted by Crippen LogP contribution is -2.25. The fraction of sp³-hybridized carbons (Fsp3) is 0.130. The Morgan fingerprint density at radius 2 is 1.67 bits per heavy atom. The summed E-state index contributed by atoms with van der Waals surface area (Å²) in [5, 5.41) is 2.93. The summed E-state index contributed by atoms with van der Waals surface area (Å²) in [4.78, 5) is 26.3. The van der Waals surface area contributed by atoms with E-state index in [1.807, 2.05) is 79.7 Å². The Bertz CT molecular complexity index is 995. The molecule has 1 aliphatic rings. The van der Waals surface area contributed by atoms with Crippen LogP contribution < -0.4 is 10.2 Å². The first-order chi connectivity index (χ1) is 13.2. The van der Waals surface area contributed by atoms with E-state index in [1.54, 1.807) is 4.90 Å². The van der Waals surface area contributed by atoms with Crippen LogP contribution in [0.1, 0.15) is 22.8 Å². The SMILES string of the molecule is CCN1C(=O)Cc2cc(NC(=O)c3ccc(-c4ccccc4)cc3)ccc21. The van der Waals surface area contributed by atoms with Crippen molar-refractivity contribution in [2.24, 2.45) is 0 Å². The minimum absolute atomic E-state index is 0.104. The van der Waals surface area contributed by atoms with E-state index < -0.39 is 0 Å². The summed E-state index contributed by atoms with van der Waals surface area (Å²) >= 11 is 0. The number of nitrogens with zero attached hydrogens (tertiary/aromatic N) is 1. The van der Waals surface area contributed by atoms with Gasteiger partial charge in [-0.15, -0.1) is 0 Å². The summed E-state index contributed by atoms with van der Waals surface area (Å²) in [5.41, 5.74) is 5.39. The molecule has 4 rings (SSSR count). The van der Waals surface area contributed by atoms with Gasteiger partial charge in [-0.05, 0) is 53.9 Å². The van der Waals surface area contributed by atoms with E-state index in [0.29, 0.717) is 24.2 Å². The van der Waals surface area contributed by atoms with Crippen LogP contribution in [0.25, 0.3) is 11.1 Å². The van der Waals surface area contributed by atoms with Crippen LogP contribution in [0, 0.1) is 0 Å². The highest BCUT2D eigenvalue weighted by atomic mass is 16.2. The summed E-state index contributed by atoms with van der Waals surface area (Å²) < 4.78 is 0. The second kappa shape index (κ2) is 7.08.